The fourth-order valence-corrected chi connectivity index (χ4v) is 3.45. The number of hydrogen-bond donors (Lipinski definition) is 2. The number of nitrogens with zero attached hydrogens (tertiary/aromatic N) is 1. The van der Waals surface area contributed by atoms with Crippen LogP contribution in [0.3, 0.4) is 0 Å². The van der Waals surface area contributed by atoms with E-state index in [0.29, 0.717) is 31.7 Å². The molecule has 2 aliphatic rings. The quantitative estimate of drug-likeness (QED) is 0.707. The molecule has 2 N–H and O–H groups in total. The number of hydrogen-bond acceptors (Lipinski definition) is 7. The van der Waals surface area contributed by atoms with Crippen molar-refractivity contribution < 1.29 is 29.0 Å². The minimum Gasteiger partial charge on any atom is -0.445 e. The fraction of sp³-hybridized carbons (Fsp3) is 0.562. The number of alkyl carbamates (subject to hydrolysis) is 1. The molecule has 2 amide bonds. The van der Waals surface area contributed by atoms with Gasteiger partial charge >= 0.3 is 12.2 Å². The molecular weight excluding hydrogens is 348 g/mol. The minimum absolute atomic E-state index is 0.0212. The zero-order valence-corrected chi connectivity index (χ0v) is 15.0. The second kappa shape index (κ2) is 10.8. The standard InChI is InChI=1S/C12H19NO4S.C4H5NO2/c1-3-6-17-12(16)13-8-11(18-9(2)15)7-10(13)4-5-14;1-3-2-7-4(6)5-3/h3,10-11,14H,1,4-8H2,2H3;1-2H2,(H,5,6). The van der Waals surface area contributed by atoms with Gasteiger partial charge in [-0.05, 0) is 12.8 Å². The summed E-state index contributed by atoms with van der Waals surface area (Å²) in [6.07, 6.45) is 1.94. The molecular formula is C16H24N2O6S. The highest BCUT2D eigenvalue weighted by atomic mass is 32.2. The van der Waals surface area contributed by atoms with E-state index in [1.54, 1.807) is 4.90 Å². The summed E-state index contributed by atoms with van der Waals surface area (Å²) in [6.45, 7) is 9.45. The number of ether oxygens (including phenoxy) is 2. The van der Waals surface area contributed by atoms with E-state index in [4.69, 9.17) is 9.84 Å². The lowest BCUT2D eigenvalue weighted by Crippen LogP contribution is -2.36. The van der Waals surface area contributed by atoms with Gasteiger partial charge in [0.25, 0.3) is 0 Å². The Morgan fingerprint density at radius 2 is 2.28 bits per heavy atom. The molecule has 25 heavy (non-hydrogen) atoms. The molecule has 0 aromatic carbocycles. The molecule has 0 saturated carbocycles. The Bertz CT molecular complexity index is 511. The molecule has 2 aliphatic heterocycles. The second-order valence-corrected chi connectivity index (χ2v) is 6.93. The van der Waals surface area contributed by atoms with Crippen LogP contribution in [0.2, 0.25) is 0 Å². The number of nitrogens with one attached hydrogen (secondary N) is 1. The molecule has 0 bridgehead atoms. The zero-order chi connectivity index (χ0) is 18.8. The van der Waals surface area contributed by atoms with Gasteiger partial charge in [-0.1, -0.05) is 31.0 Å². The van der Waals surface area contributed by atoms with Crippen LogP contribution in [0, 0.1) is 0 Å². The number of rotatable bonds is 5. The number of thioether (sulfide) groups is 1. The molecule has 2 unspecified atom stereocenters. The molecule has 8 nitrogen and oxygen atoms in total. The topological polar surface area (TPSA) is 105 Å². The van der Waals surface area contributed by atoms with Crippen molar-refractivity contribution >= 4 is 29.1 Å². The first-order chi connectivity index (χ1) is 11.9. The van der Waals surface area contributed by atoms with E-state index in [0.717, 1.165) is 0 Å². The van der Waals surface area contributed by atoms with Crippen molar-refractivity contribution in [2.75, 3.05) is 26.4 Å². The van der Waals surface area contributed by atoms with Crippen LogP contribution in [0.15, 0.2) is 24.9 Å². The molecule has 0 aromatic heterocycles. The van der Waals surface area contributed by atoms with Gasteiger partial charge in [0.05, 0.1) is 5.70 Å². The SMILES string of the molecule is C=C1COC(=O)N1.C=CCOC(=O)N1CC(SC(C)=O)CC1CCO. The predicted octanol–water partition coefficient (Wildman–Crippen LogP) is 1.65. The molecule has 0 aliphatic carbocycles. The van der Waals surface area contributed by atoms with Gasteiger partial charge in [0, 0.05) is 31.4 Å². The first kappa shape index (κ1) is 21.0. The Hall–Kier alpha value is -2.00. The number of cyclic esters (lactones) is 1. The van der Waals surface area contributed by atoms with Gasteiger partial charge in [0.2, 0.25) is 0 Å². The van der Waals surface area contributed by atoms with Crippen molar-refractivity contribution in [3.8, 4) is 0 Å². The lowest BCUT2D eigenvalue weighted by Gasteiger charge is -2.22. The third-order valence-corrected chi connectivity index (χ3v) is 4.39. The largest absolute Gasteiger partial charge is 0.445 e. The maximum absolute atomic E-state index is 11.8. The molecule has 2 saturated heterocycles. The predicted molar refractivity (Wildman–Crippen MR) is 94.0 cm³/mol. The minimum atomic E-state index is -0.403. The van der Waals surface area contributed by atoms with Crippen molar-refractivity contribution in [1.82, 2.24) is 10.2 Å². The summed E-state index contributed by atoms with van der Waals surface area (Å²) < 4.78 is 9.41. The Kier molecular flexibility index (Phi) is 9.07. The molecule has 0 radical (unpaired) electrons. The first-order valence-electron chi connectivity index (χ1n) is 7.81. The molecule has 140 valence electrons. The van der Waals surface area contributed by atoms with E-state index in [9.17, 15) is 14.4 Å². The van der Waals surface area contributed by atoms with Gasteiger partial charge in [-0.3, -0.25) is 10.1 Å². The van der Waals surface area contributed by atoms with E-state index in [2.05, 4.69) is 23.2 Å². The van der Waals surface area contributed by atoms with Crippen LogP contribution < -0.4 is 5.32 Å². The van der Waals surface area contributed by atoms with E-state index in [1.807, 2.05) is 0 Å². The van der Waals surface area contributed by atoms with E-state index >= 15 is 0 Å². The number of carbonyl (C=O) groups excluding carboxylic acids is 3. The summed E-state index contributed by atoms with van der Waals surface area (Å²) in [4.78, 5) is 34.5. The molecule has 0 spiro atoms. The summed E-state index contributed by atoms with van der Waals surface area (Å²) in [7, 11) is 0. The molecule has 2 atom stereocenters. The van der Waals surface area contributed by atoms with Crippen molar-refractivity contribution in [3.05, 3.63) is 24.9 Å². The van der Waals surface area contributed by atoms with Gasteiger partial charge in [-0.25, -0.2) is 9.59 Å². The van der Waals surface area contributed by atoms with Gasteiger partial charge in [0.15, 0.2) is 5.12 Å². The average molecular weight is 372 g/mol. The van der Waals surface area contributed by atoms with Crippen molar-refractivity contribution in [1.29, 1.82) is 0 Å². The monoisotopic (exact) mass is 372 g/mol. The summed E-state index contributed by atoms with van der Waals surface area (Å²) in [6, 6.07) is -0.0517. The summed E-state index contributed by atoms with van der Waals surface area (Å²) in [5.74, 6) is 0. The zero-order valence-electron chi connectivity index (χ0n) is 14.2. The summed E-state index contributed by atoms with van der Waals surface area (Å²) >= 11 is 1.25. The highest BCUT2D eigenvalue weighted by Crippen LogP contribution is 2.30. The maximum Gasteiger partial charge on any atom is 0.411 e. The smallest absolute Gasteiger partial charge is 0.411 e. The Morgan fingerprint density at radius 1 is 1.56 bits per heavy atom. The van der Waals surface area contributed by atoms with Crippen LogP contribution in [-0.4, -0.2) is 65.0 Å². The number of aliphatic hydroxyl groups excluding tert-OH is 1. The third kappa shape index (κ3) is 7.61. The van der Waals surface area contributed by atoms with Crippen molar-refractivity contribution in [2.45, 2.75) is 31.1 Å². The van der Waals surface area contributed by atoms with Gasteiger partial charge in [-0.2, -0.15) is 0 Å². The lowest BCUT2D eigenvalue weighted by molar-refractivity contribution is -0.109. The highest BCUT2D eigenvalue weighted by Gasteiger charge is 2.36. The maximum atomic E-state index is 11.8. The van der Waals surface area contributed by atoms with Crippen molar-refractivity contribution in [2.24, 2.45) is 0 Å². The lowest BCUT2D eigenvalue weighted by atomic mass is 10.1. The van der Waals surface area contributed by atoms with Crippen LogP contribution in [0.1, 0.15) is 19.8 Å². The number of amides is 2. The van der Waals surface area contributed by atoms with E-state index < -0.39 is 12.2 Å². The van der Waals surface area contributed by atoms with Crippen LogP contribution in [0.5, 0.6) is 0 Å². The molecule has 0 aromatic rings. The van der Waals surface area contributed by atoms with Gasteiger partial charge < -0.3 is 19.5 Å². The summed E-state index contributed by atoms with van der Waals surface area (Å²) in [5, 5.41) is 11.5. The molecule has 2 heterocycles. The number of likely N-dealkylation sites (tertiary alicyclic amines) is 1. The molecule has 2 fully saturated rings. The van der Waals surface area contributed by atoms with Gasteiger partial charge in [0.1, 0.15) is 13.2 Å². The van der Waals surface area contributed by atoms with Crippen LogP contribution >= 0.6 is 11.8 Å². The normalized spacial score (nSPS) is 21.8. The van der Waals surface area contributed by atoms with Gasteiger partial charge in [-0.15, -0.1) is 0 Å². The Balaban J connectivity index is 0.000000370. The fourth-order valence-electron chi connectivity index (χ4n) is 2.42. The van der Waals surface area contributed by atoms with E-state index in [-0.39, 0.29) is 29.6 Å². The first-order valence-corrected chi connectivity index (χ1v) is 8.69. The average Bonchev–Trinajstić information content (AvgIpc) is 3.11. The van der Waals surface area contributed by atoms with E-state index in [1.165, 1.54) is 24.8 Å². The number of carbonyl (C=O) groups is 3. The third-order valence-electron chi connectivity index (χ3n) is 3.39. The molecule has 9 heteroatoms. The summed E-state index contributed by atoms with van der Waals surface area (Å²) in [5.41, 5.74) is 0.630. The van der Waals surface area contributed by atoms with Crippen LogP contribution in [0.25, 0.3) is 0 Å². The molecule has 2 rings (SSSR count). The highest BCUT2D eigenvalue weighted by molar-refractivity contribution is 8.14. The van der Waals surface area contributed by atoms with Crippen molar-refractivity contribution in [3.63, 3.8) is 0 Å². The second-order valence-electron chi connectivity index (χ2n) is 5.46. The van der Waals surface area contributed by atoms with Crippen LogP contribution in [-0.2, 0) is 14.3 Å². The number of aliphatic hydroxyl groups is 1. The van der Waals surface area contributed by atoms with Crippen LogP contribution in [0.4, 0.5) is 9.59 Å². The Labute approximate surface area is 151 Å². The Morgan fingerprint density at radius 3 is 2.72 bits per heavy atom.